The molecule has 0 aliphatic heterocycles. The lowest BCUT2D eigenvalue weighted by Crippen LogP contribution is -2.02. The van der Waals surface area contributed by atoms with E-state index in [2.05, 4.69) is 223 Å². The van der Waals surface area contributed by atoms with Crippen LogP contribution in [-0.2, 0) is 0 Å². The van der Waals surface area contributed by atoms with E-state index in [4.69, 9.17) is 15.0 Å². The zero-order valence-corrected chi connectivity index (χ0v) is 35.3. The first-order chi connectivity index (χ1) is 31.7. The summed E-state index contributed by atoms with van der Waals surface area (Å²) in [5.74, 6) is 1.85. The van der Waals surface area contributed by atoms with E-state index < -0.39 is 0 Å². The molecule has 0 fully saturated rings. The van der Waals surface area contributed by atoms with Crippen molar-refractivity contribution >= 4 is 74.9 Å². The number of rotatable bonds is 6. The Morgan fingerprint density at radius 2 is 0.859 bits per heavy atom. The van der Waals surface area contributed by atoms with Crippen LogP contribution in [0.25, 0.3) is 126 Å². The number of thiophene rings is 1. The molecule has 0 radical (unpaired) electrons. The molecule has 13 aromatic rings. The summed E-state index contributed by atoms with van der Waals surface area (Å²) in [7, 11) is 0. The largest absolute Gasteiger partial charge is 0.309 e. The number of aromatic nitrogens is 4. The molecule has 0 saturated carbocycles. The van der Waals surface area contributed by atoms with Crippen LogP contribution in [0, 0.1) is 0 Å². The first-order valence-corrected chi connectivity index (χ1v) is 22.4. The van der Waals surface area contributed by atoms with Crippen molar-refractivity contribution < 1.29 is 0 Å². The second-order valence-electron chi connectivity index (χ2n) is 16.4. The summed E-state index contributed by atoms with van der Waals surface area (Å²) in [6.07, 6.45) is 0. The molecule has 0 bridgehead atoms. The molecule has 5 heteroatoms. The molecule has 0 saturated heterocycles. The molecule has 64 heavy (non-hydrogen) atoms. The number of nitrogens with zero attached hydrogens (tertiary/aromatic N) is 4. The molecule has 0 atom stereocenters. The summed E-state index contributed by atoms with van der Waals surface area (Å²) in [5.41, 5.74) is 10.7. The minimum Gasteiger partial charge on any atom is -0.309 e. The third-order valence-corrected chi connectivity index (χ3v) is 13.9. The minimum atomic E-state index is 0.609. The summed E-state index contributed by atoms with van der Waals surface area (Å²) in [4.78, 5) is 16.0. The Bertz CT molecular complexity index is 3920. The van der Waals surface area contributed by atoms with Gasteiger partial charge in [0.1, 0.15) is 0 Å². The fraction of sp³-hybridized carbons (Fsp3) is 0. The van der Waals surface area contributed by atoms with Crippen molar-refractivity contribution in [2.45, 2.75) is 0 Å². The van der Waals surface area contributed by atoms with Crippen LogP contribution in [0.3, 0.4) is 0 Å². The van der Waals surface area contributed by atoms with Crippen LogP contribution in [0.4, 0.5) is 0 Å². The standard InChI is InChI=1S/C59H36N4S/c1-2-14-37(15-3-1)46-33-31-43(36-54(46)63-52-25-9-6-20-48(52)49-21-7-10-26-53(49)63)59-61-57(60-58(62-59)42-30-32-45-40(35-42)29-28-38-16-4-5-19-44(38)45)41-18-12-17-39(34-41)47-23-13-24-51-50-22-8-11-27-55(50)64-56(47)51/h1-36H. The van der Waals surface area contributed by atoms with E-state index in [1.54, 1.807) is 0 Å². The van der Waals surface area contributed by atoms with E-state index in [0.29, 0.717) is 17.5 Å². The molecule has 13 rings (SSSR count). The van der Waals surface area contributed by atoms with Gasteiger partial charge in [0.2, 0.25) is 0 Å². The van der Waals surface area contributed by atoms with Gasteiger partial charge in [0, 0.05) is 53.2 Å². The molecule has 0 aliphatic rings. The van der Waals surface area contributed by atoms with E-state index in [1.807, 2.05) is 11.3 Å². The van der Waals surface area contributed by atoms with Gasteiger partial charge in [0.25, 0.3) is 0 Å². The summed E-state index contributed by atoms with van der Waals surface area (Å²) in [5, 5.41) is 9.77. The Kier molecular flexibility index (Phi) is 8.36. The van der Waals surface area contributed by atoms with Crippen molar-refractivity contribution in [2.24, 2.45) is 0 Å². The molecule has 10 aromatic carbocycles. The van der Waals surface area contributed by atoms with Gasteiger partial charge in [-0.2, -0.15) is 0 Å². The lowest BCUT2D eigenvalue weighted by atomic mass is 9.99. The highest BCUT2D eigenvalue weighted by atomic mass is 32.1. The first kappa shape index (κ1) is 36.4. The average molecular weight is 833 g/mol. The van der Waals surface area contributed by atoms with Gasteiger partial charge in [0.15, 0.2) is 17.5 Å². The first-order valence-electron chi connectivity index (χ1n) is 21.6. The number of hydrogen-bond acceptors (Lipinski definition) is 4. The van der Waals surface area contributed by atoms with Gasteiger partial charge in [-0.25, -0.2) is 15.0 Å². The average Bonchev–Trinajstić information content (AvgIpc) is 3.92. The van der Waals surface area contributed by atoms with Crippen molar-refractivity contribution in [3.63, 3.8) is 0 Å². The maximum atomic E-state index is 5.36. The number of para-hydroxylation sites is 2. The van der Waals surface area contributed by atoms with Crippen LogP contribution in [0.5, 0.6) is 0 Å². The maximum Gasteiger partial charge on any atom is 0.164 e. The smallest absolute Gasteiger partial charge is 0.164 e. The Morgan fingerprint density at radius 3 is 1.64 bits per heavy atom. The SMILES string of the molecule is c1ccc(-c2ccc(-c3nc(-c4cccc(-c5cccc6c5sc5ccccc56)c4)nc(-c4ccc5c(ccc6ccccc65)c4)n3)cc2-n2c3ccccc3c3ccccc32)cc1. The van der Waals surface area contributed by atoms with E-state index in [-0.39, 0.29) is 0 Å². The zero-order valence-electron chi connectivity index (χ0n) is 34.5. The highest BCUT2D eigenvalue weighted by Crippen LogP contribution is 2.42. The molecule has 0 spiro atoms. The molecular formula is C59H36N4S. The van der Waals surface area contributed by atoms with E-state index in [9.17, 15) is 0 Å². The zero-order chi connectivity index (χ0) is 42.1. The van der Waals surface area contributed by atoms with Crippen LogP contribution in [0.15, 0.2) is 218 Å². The van der Waals surface area contributed by atoms with Crippen LogP contribution in [0.2, 0.25) is 0 Å². The van der Waals surface area contributed by atoms with Gasteiger partial charge in [-0.15, -0.1) is 11.3 Å². The van der Waals surface area contributed by atoms with Crippen LogP contribution in [-0.4, -0.2) is 19.5 Å². The quantitative estimate of drug-likeness (QED) is 0.157. The summed E-state index contributed by atoms with van der Waals surface area (Å²) in [6, 6.07) is 78.1. The molecule has 3 aromatic heterocycles. The molecule has 3 heterocycles. The second-order valence-corrected chi connectivity index (χ2v) is 17.4. The highest BCUT2D eigenvalue weighted by Gasteiger charge is 2.20. The fourth-order valence-corrected chi connectivity index (χ4v) is 10.9. The van der Waals surface area contributed by atoms with Gasteiger partial charge in [-0.05, 0) is 74.6 Å². The monoisotopic (exact) mass is 832 g/mol. The van der Waals surface area contributed by atoms with Crippen molar-refractivity contribution in [3.05, 3.63) is 218 Å². The normalized spacial score (nSPS) is 11.8. The van der Waals surface area contributed by atoms with Crippen molar-refractivity contribution in [1.82, 2.24) is 19.5 Å². The number of benzene rings is 10. The van der Waals surface area contributed by atoms with Gasteiger partial charge in [-0.3, -0.25) is 0 Å². The predicted octanol–water partition coefficient (Wildman–Crippen LogP) is 16.0. The van der Waals surface area contributed by atoms with Gasteiger partial charge < -0.3 is 4.57 Å². The van der Waals surface area contributed by atoms with Crippen molar-refractivity contribution in [3.8, 4) is 62.1 Å². The Morgan fingerprint density at radius 1 is 0.312 bits per heavy atom. The predicted molar refractivity (Wildman–Crippen MR) is 269 cm³/mol. The second kappa shape index (κ2) is 14.7. The van der Waals surface area contributed by atoms with Gasteiger partial charge >= 0.3 is 0 Å². The van der Waals surface area contributed by atoms with Crippen LogP contribution in [0.1, 0.15) is 0 Å². The summed E-state index contributed by atoms with van der Waals surface area (Å²) >= 11 is 1.84. The van der Waals surface area contributed by atoms with Gasteiger partial charge in [-0.1, -0.05) is 182 Å². The minimum absolute atomic E-state index is 0.609. The van der Waals surface area contributed by atoms with E-state index in [0.717, 1.165) is 55.5 Å². The topological polar surface area (TPSA) is 43.6 Å². The van der Waals surface area contributed by atoms with Crippen LogP contribution < -0.4 is 0 Å². The Balaban J connectivity index is 1.03. The fourth-order valence-electron chi connectivity index (χ4n) is 9.62. The number of fused-ring (bicyclic) bond motifs is 9. The molecular weight excluding hydrogens is 797 g/mol. The third kappa shape index (κ3) is 5.93. The molecule has 0 amide bonds. The van der Waals surface area contributed by atoms with E-state index in [1.165, 1.54) is 52.7 Å². The number of hydrogen-bond donors (Lipinski definition) is 0. The van der Waals surface area contributed by atoms with Crippen molar-refractivity contribution in [2.75, 3.05) is 0 Å². The highest BCUT2D eigenvalue weighted by molar-refractivity contribution is 7.26. The Labute approximate surface area is 373 Å². The van der Waals surface area contributed by atoms with Gasteiger partial charge in [0.05, 0.1) is 16.7 Å². The Hall–Kier alpha value is -8.25. The lowest BCUT2D eigenvalue weighted by Gasteiger charge is -2.16. The lowest BCUT2D eigenvalue weighted by molar-refractivity contribution is 1.07. The summed E-state index contributed by atoms with van der Waals surface area (Å²) < 4.78 is 4.96. The maximum absolute atomic E-state index is 5.36. The molecule has 0 aliphatic carbocycles. The van der Waals surface area contributed by atoms with Crippen molar-refractivity contribution in [1.29, 1.82) is 0 Å². The van der Waals surface area contributed by atoms with E-state index >= 15 is 0 Å². The molecule has 298 valence electrons. The molecule has 4 nitrogen and oxygen atoms in total. The molecule has 0 unspecified atom stereocenters. The van der Waals surface area contributed by atoms with Crippen LogP contribution >= 0.6 is 11.3 Å². The third-order valence-electron chi connectivity index (χ3n) is 12.6. The summed E-state index contributed by atoms with van der Waals surface area (Å²) in [6.45, 7) is 0. The molecule has 0 N–H and O–H groups in total.